The summed E-state index contributed by atoms with van der Waals surface area (Å²) in [5, 5.41) is 8.89. The van der Waals surface area contributed by atoms with E-state index >= 15 is 0 Å². The average Bonchev–Trinajstić information content (AvgIpc) is 2.43. The predicted molar refractivity (Wildman–Crippen MR) is 72.9 cm³/mol. The van der Waals surface area contributed by atoms with E-state index in [0.29, 0.717) is 11.3 Å². The fourth-order valence-electron chi connectivity index (χ4n) is 1.45. The molecule has 1 rings (SSSR count). The van der Waals surface area contributed by atoms with Crippen molar-refractivity contribution in [1.29, 1.82) is 0 Å². The Labute approximate surface area is 114 Å². The van der Waals surface area contributed by atoms with E-state index in [1.807, 2.05) is 0 Å². The molecule has 0 saturated heterocycles. The molecule has 0 radical (unpaired) electrons. The van der Waals surface area contributed by atoms with E-state index in [-0.39, 0.29) is 6.61 Å². The lowest BCUT2D eigenvalue weighted by Crippen LogP contribution is -2.43. The summed E-state index contributed by atoms with van der Waals surface area (Å²) in [5.74, 6) is 0. The van der Waals surface area contributed by atoms with Gasteiger partial charge in [-0.05, 0) is 49.2 Å². The molecule has 1 heterocycles. The lowest BCUT2D eigenvalue weighted by molar-refractivity contribution is 0.246. The zero-order chi connectivity index (χ0) is 13.3. The molecule has 0 unspecified atom stereocenters. The van der Waals surface area contributed by atoms with Crippen LogP contribution in [0.3, 0.4) is 0 Å². The van der Waals surface area contributed by atoms with Crippen molar-refractivity contribution in [3.8, 4) is 0 Å². The van der Waals surface area contributed by atoms with E-state index in [1.54, 1.807) is 26.8 Å². The number of thiophene rings is 1. The van der Waals surface area contributed by atoms with Gasteiger partial charge in [-0.15, -0.1) is 11.3 Å². The summed E-state index contributed by atoms with van der Waals surface area (Å²) in [6.45, 7) is 5.21. The second-order valence-electron chi connectivity index (χ2n) is 4.43. The van der Waals surface area contributed by atoms with Crippen molar-refractivity contribution in [1.82, 2.24) is 4.72 Å². The Bertz CT molecular complexity index is 494. The highest BCUT2D eigenvalue weighted by molar-refractivity contribution is 9.11. The van der Waals surface area contributed by atoms with Gasteiger partial charge in [0.15, 0.2) is 0 Å². The Morgan fingerprint density at radius 1 is 1.53 bits per heavy atom. The van der Waals surface area contributed by atoms with Crippen molar-refractivity contribution in [2.24, 2.45) is 0 Å². The van der Waals surface area contributed by atoms with Crippen LogP contribution in [0.5, 0.6) is 0 Å². The molecular formula is C10H16BrNO3S2. The van der Waals surface area contributed by atoms with Crippen LogP contribution in [0.15, 0.2) is 14.7 Å². The van der Waals surface area contributed by atoms with Gasteiger partial charge in [-0.3, -0.25) is 0 Å². The summed E-state index contributed by atoms with van der Waals surface area (Å²) in [6, 6.07) is 1.59. The van der Waals surface area contributed by atoms with Gasteiger partial charge in [0, 0.05) is 17.0 Å². The van der Waals surface area contributed by atoms with Gasteiger partial charge in [0.05, 0.1) is 8.68 Å². The number of sulfonamides is 1. The molecule has 98 valence electrons. The molecule has 0 aromatic carbocycles. The van der Waals surface area contributed by atoms with Crippen molar-refractivity contribution in [3.63, 3.8) is 0 Å². The van der Waals surface area contributed by atoms with Crippen molar-refractivity contribution in [2.45, 2.75) is 37.6 Å². The molecule has 0 aliphatic heterocycles. The van der Waals surface area contributed by atoms with E-state index in [1.165, 1.54) is 11.3 Å². The number of aliphatic hydroxyl groups is 1. The Balaban J connectivity index is 3.01. The minimum Gasteiger partial charge on any atom is -0.396 e. The van der Waals surface area contributed by atoms with Gasteiger partial charge in [-0.25, -0.2) is 13.1 Å². The molecule has 0 fully saturated rings. The van der Waals surface area contributed by atoms with Crippen molar-refractivity contribution in [2.75, 3.05) is 6.61 Å². The fourth-order valence-corrected chi connectivity index (χ4v) is 5.30. The van der Waals surface area contributed by atoms with Gasteiger partial charge >= 0.3 is 0 Å². The third kappa shape index (κ3) is 4.03. The van der Waals surface area contributed by atoms with Crippen LogP contribution in [-0.4, -0.2) is 25.7 Å². The number of halogens is 1. The number of rotatable bonds is 5. The van der Waals surface area contributed by atoms with Gasteiger partial charge < -0.3 is 5.11 Å². The van der Waals surface area contributed by atoms with Crippen LogP contribution in [0.25, 0.3) is 0 Å². The average molecular weight is 342 g/mol. The van der Waals surface area contributed by atoms with Crippen LogP contribution in [0, 0.1) is 6.92 Å². The summed E-state index contributed by atoms with van der Waals surface area (Å²) >= 11 is 4.66. The highest BCUT2D eigenvalue weighted by Crippen LogP contribution is 2.30. The Hall–Kier alpha value is 0.0500. The molecule has 0 saturated carbocycles. The van der Waals surface area contributed by atoms with Gasteiger partial charge in [0.2, 0.25) is 10.0 Å². The van der Waals surface area contributed by atoms with Gasteiger partial charge in [-0.1, -0.05) is 0 Å². The van der Waals surface area contributed by atoms with Crippen LogP contribution in [0.2, 0.25) is 0 Å². The molecule has 2 N–H and O–H groups in total. The van der Waals surface area contributed by atoms with E-state index in [0.717, 1.165) is 8.66 Å². The zero-order valence-electron chi connectivity index (χ0n) is 9.95. The molecule has 17 heavy (non-hydrogen) atoms. The minimum absolute atomic E-state index is 0.0537. The van der Waals surface area contributed by atoms with Gasteiger partial charge in [0.1, 0.15) is 0 Å². The first kappa shape index (κ1) is 15.1. The first-order chi connectivity index (χ1) is 7.68. The lowest BCUT2D eigenvalue weighted by atomic mass is 10.0. The fraction of sp³-hybridized carbons (Fsp3) is 0.600. The van der Waals surface area contributed by atoms with Gasteiger partial charge in [-0.2, -0.15) is 0 Å². The number of hydrogen-bond acceptors (Lipinski definition) is 4. The Morgan fingerprint density at radius 3 is 2.53 bits per heavy atom. The SMILES string of the molecule is Cc1sc(Br)cc1S(=O)(=O)NC(C)(C)CCO. The summed E-state index contributed by atoms with van der Waals surface area (Å²) in [7, 11) is -3.53. The third-order valence-electron chi connectivity index (χ3n) is 2.28. The smallest absolute Gasteiger partial charge is 0.242 e. The molecule has 0 atom stereocenters. The molecule has 0 aliphatic carbocycles. The highest BCUT2D eigenvalue weighted by atomic mass is 79.9. The largest absolute Gasteiger partial charge is 0.396 e. The standard InChI is InChI=1S/C10H16BrNO3S2/c1-7-8(6-9(11)16-7)17(14,15)12-10(2,3)4-5-13/h6,12-13H,4-5H2,1-3H3. The maximum atomic E-state index is 12.1. The molecule has 4 nitrogen and oxygen atoms in total. The first-order valence-electron chi connectivity index (χ1n) is 5.09. The maximum absolute atomic E-state index is 12.1. The summed E-state index contributed by atoms with van der Waals surface area (Å²) in [6.07, 6.45) is 0.372. The second-order valence-corrected chi connectivity index (χ2v) is 8.72. The molecule has 0 bridgehead atoms. The zero-order valence-corrected chi connectivity index (χ0v) is 13.2. The maximum Gasteiger partial charge on any atom is 0.242 e. The Kier molecular flexibility index (Phi) is 4.76. The molecule has 7 heteroatoms. The van der Waals surface area contributed by atoms with Crippen molar-refractivity contribution < 1.29 is 13.5 Å². The van der Waals surface area contributed by atoms with Crippen LogP contribution >= 0.6 is 27.3 Å². The van der Waals surface area contributed by atoms with Crippen LogP contribution in [0.1, 0.15) is 25.1 Å². The molecule has 0 aliphatic rings. The number of nitrogens with one attached hydrogen (secondary N) is 1. The monoisotopic (exact) mass is 341 g/mol. The van der Waals surface area contributed by atoms with E-state index in [2.05, 4.69) is 20.7 Å². The first-order valence-corrected chi connectivity index (χ1v) is 8.18. The molecule has 1 aromatic rings. The quantitative estimate of drug-likeness (QED) is 0.863. The molecule has 1 aromatic heterocycles. The highest BCUT2D eigenvalue weighted by Gasteiger charge is 2.27. The second kappa shape index (κ2) is 5.36. The van der Waals surface area contributed by atoms with E-state index in [9.17, 15) is 8.42 Å². The lowest BCUT2D eigenvalue weighted by Gasteiger charge is -2.24. The topological polar surface area (TPSA) is 66.4 Å². The normalized spacial score (nSPS) is 13.0. The summed E-state index contributed by atoms with van der Waals surface area (Å²) < 4.78 is 27.7. The van der Waals surface area contributed by atoms with Crippen molar-refractivity contribution in [3.05, 3.63) is 14.7 Å². The van der Waals surface area contributed by atoms with E-state index < -0.39 is 15.6 Å². The predicted octanol–water partition coefficient (Wildman–Crippen LogP) is 2.26. The summed E-state index contributed by atoms with van der Waals surface area (Å²) in [4.78, 5) is 1.03. The Morgan fingerprint density at radius 2 is 2.12 bits per heavy atom. The van der Waals surface area contributed by atoms with Gasteiger partial charge in [0.25, 0.3) is 0 Å². The molecule has 0 amide bonds. The van der Waals surface area contributed by atoms with E-state index in [4.69, 9.17) is 5.11 Å². The summed E-state index contributed by atoms with van der Waals surface area (Å²) in [5.41, 5.74) is -0.658. The number of hydrogen-bond donors (Lipinski definition) is 2. The van der Waals surface area contributed by atoms with Crippen LogP contribution < -0.4 is 4.72 Å². The van der Waals surface area contributed by atoms with Crippen LogP contribution in [-0.2, 0) is 10.0 Å². The third-order valence-corrected chi connectivity index (χ3v) is 5.79. The minimum atomic E-state index is -3.53. The molecule has 0 spiro atoms. The van der Waals surface area contributed by atoms with Crippen LogP contribution in [0.4, 0.5) is 0 Å². The number of aryl methyl sites for hydroxylation is 1. The number of aliphatic hydroxyl groups excluding tert-OH is 1. The van der Waals surface area contributed by atoms with Crippen molar-refractivity contribution >= 4 is 37.3 Å². The molecular weight excluding hydrogens is 326 g/mol.